The number of amides is 1. The van der Waals surface area contributed by atoms with E-state index < -0.39 is 5.24 Å². The second-order valence-corrected chi connectivity index (χ2v) is 8.81. The summed E-state index contributed by atoms with van der Waals surface area (Å²) >= 11 is 28.0. The molecular formula is C24H19Cl5N6O2. The second-order valence-electron chi connectivity index (χ2n) is 7.04. The van der Waals surface area contributed by atoms with Crippen LogP contribution in [0.1, 0.15) is 31.8 Å². The number of carbonyl (C=O) groups is 2. The predicted octanol–water partition coefficient (Wildman–Crippen LogP) is 7.08. The molecule has 4 rings (SSSR count). The fourth-order valence-electron chi connectivity index (χ4n) is 2.48. The summed E-state index contributed by atoms with van der Waals surface area (Å²) in [5.41, 5.74) is 8.85. The summed E-state index contributed by atoms with van der Waals surface area (Å²) in [6.07, 6.45) is 6.21. The number of aromatic nitrogens is 4. The van der Waals surface area contributed by atoms with Crippen molar-refractivity contribution < 1.29 is 9.59 Å². The quantitative estimate of drug-likeness (QED) is 0.190. The van der Waals surface area contributed by atoms with E-state index in [9.17, 15) is 9.59 Å². The fraction of sp³-hybridized carbons (Fsp3) is 0.0833. The lowest BCUT2D eigenvalue weighted by molar-refractivity contribution is 0.102. The molecule has 0 atom stereocenters. The minimum Gasteiger partial charge on any atom is -0.396 e. The van der Waals surface area contributed by atoms with Crippen LogP contribution in [0, 0.1) is 13.8 Å². The van der Waals surface area contributed by atoms with Gasteiger partial charge in [0.1, 0.15) is 10.3 Å². The zero-order valence-electron chi connectivity index (χ0n) is 19.3. The van der Waals surface area contributed by atoms with Crippen LogP contribution < -0.4 is 11.1 Å². The number of nitrogens with one attached hydrogen (secondary N) is 1. The minimum absolute atomic E-state index is 0.141. The molecule has 3 N–H and O–H groups in total. The highest BCUT2D eigenvalue weighted by molar-refractivity contribution is 6.68. The Hall–Kier alpha value is -3.01. The lowest BCUT2D eigenvalue weighted by atomic mass is 10.2. The summed E-state index contributed by atoms with van der Waals surface area (Å²) in [5, 5.41) is 3.00. The van der Waals surface area contributed by atoms with Crippen molar-refractivity contribution in [2.24, 2.45) is 0 Å². The zero-order valence-corrected chi connectivity index (χ0v) is 23.1. The van der Waals surface area contributed by atoms with Crippen LogP contribution in [0.25, 0.3) is 0 Å². The molecule has 0 saturated carbocycles. The van der Waals surface area contributed by atoms with Gasteiger partial charge in [-0.15, -0.1) is 0 Å². The first-order chi connectivity index (χ1) is 17.5. The van der Waals surface area contributed by atoms with Crippen molar-refractivity contribution in [1.82, 2.24) is 19.9 Å². The summed E-state index contributed by atoms with van der Waals surface area (Å²) in [6, 6.07) is 9.92. The van der Waals surface area contributed by atoms with Crippen molar-refractivity contribution >= 4 is 80.5 Å². The summed E-state index contributed by atoms with van der Waals surface area (Å²) < 4.78 is 0. The van der Waals surface area contributed by atoms with Crippen molar-refractivity contribution in [2.75, 3.05) is 11.1 Å². The first kappa shape index (κ1) is 30.2. The molecule has 0 bridgehead atoms. The molecular weight excluding hydrogens is 582 g/mol. The monoisotopic (exact) mass is 598 g/mol. The van der Waals surface area contributed by atoms with Gasteiger partial charge in [0.05, 0.1) is 22.5 Å². The third-order valence-electron chi connectivity index (χ3n) is 4.49. The zero-order chi connectivity index (χ0) is 27.5. The molecule has 4 aromatic heterocycles. The molecule has 0 radical (unpaired) electrons. The number of anilines is 2. The van der Waals surface area contributed by atoms with E-state index in [-0.39, 0.29) is 26.9 Å². The van der Waals surface area contributed by atoms with Crippen LogP contribution in [0.4, 0.5) is 11.4 Å². The van der Waals surface area contributed by atoms with Gasteiger partial charge >= 0.3 is 0 Å². The largest absolute Gasteiger partial charge is 0.396 e. The normalized spacial score (nSPS) is 9.81. The number of hydrogen-bond acceptors (Lipinski definition) is 7. The Morgan fingerprint density at radius 1 is 0.703 bits per heavy atom. The molecule has 0 spiro atoms. The molecule has 0 fully saturated rings. The number of nitrogens with two attached hydrogens (primary N) is 1. The smallest absolute Gasteiger partial charge is 0.258 e. The van der Waals surface area contributed by atoms with E-state index >= 15 is 0 Å². The predicted molar refractivity (Wildman–Crippen MR) is 149 cm³/mol. The average molecular weight is 601 g/mol. The highest BCUT2D eigenvalue weighted by Gasteiger charge is 2.14. The Labute approximate surface area is 238 Å². The van der Waals surface area contributed by atoms with Crippen molar-refractivity contribution in [3.8, 4) is 0 Å². The van der Waals surface area contributed by atoms with Crippen LogP contribution in [0.5, 0.6) is 0 Å². The van der Waals surface area contributed by atoms with Gasteiger partial charge in [-0.05, 0) is 73.0 Å². The van der Waals surface area contributed by atoms with Gasteiger partial charge < -0.3 is 11.1 Å². The maximum absolute atomic E-state index is 12.0. The lowest BCUT2D eigenvalue weighted by Gasteiger charge is -2.09. The summed E-state index contributed by atoms with van der Waals surface area (Å²) in [6.45, 7) is 3.72. The van der Waals surface area contributed by atoms with Crippen molar-refractivity contribution in [3.05, 3.63) is 104 Å². The standard InChI is InChI=1S/C12H9Cl2N3O.C6H3Cl2NO.C6H7ClN2/c1-7-4-6-16-11(14)9(7)17-12(18)8-3-2-5-15-10(8)13;7-5-4(6(8)10)2-1-3-9-5;1-4-2-3-9-6(7)5(4)8/h2-6H,1H3,(H,17,18);1-3H;2-3H,8H2,1H3. The van der Waals surface area contributed by atoms with Crippen molar-refractivity contribution in [2.45, 2.75) is 13.8 Å². The molecule has 4 heterocycles. The Morgan fingerprint density at radius 3 is 1.62 bits per heavy atom. The van der Waals surface area contributed by atoms with Crippen molar-refractivity contribution in [1.29, 1.82) is 0 Å². The van der Waals surface area contributed by atoms with Gasteiger partial charge in [-0.25, -0.2) is 19.9 Å². The molecule has 192 valence electrons. The summed E-state index contributed by atoms with van der Waals surface area (Å²) in [4.78, 5) is 37.7. The van der Waals surface area contributed by atoms with E-state index in [0.29, 0.717) is 22.1 Å². The number of hydrogen-bond donors (Lipinski definition) is 2. The van der Waals surface area contributed by atoms with Gasteiger partial charge in [-0.1, -0.05) is 46.4 Å². The number of carbonyl (C=O) groups excluding carboxylic acids is 2. The Balaban J connectivity index is 0.000000214. The molecule has 13 heteroatoms. The van der Waals surface area contributed by atoms with E-state index in [4.69, 9.17) is 63.7 Å². The molecule has 0 saturated heterocycles. The van der Waals surface area contributed by atoms with Gasteiger partial charge in [0.15, 0.2) is 10.3 Å². The Kier molecular flexibility index (Phi) is 12.0. The van der Waals surface area contributed by atoms with Crippen molar-refractivity contribution in [3.63, 3.8) is 0 Å². The molecule has 0 aliphatic carbocycles. The topological polar surface area (TPSA) is 124 Å². The Bertz CT molecular complexity index is 1360. The molecule has 0 aliphatic rings. The highest BCUT2D eigenvalue weighted by Crippen LogP contribution is 2.24. The van der Waals surface area contributed by atoms with Crippen LogP contribution >= 0.6 is 58.0 Å². The number of nitrogens with zero attached hydrogens (tertiary/aromatic N) is 4. The van der Waals surface area contributed by atoms with Crippen LogP contribution in [0.15, 0.2) is 61.2 Å². The van der Waals surface area contributed by atoms with E-state index in [1.165, 1.54) is 18.5 Å². The summed E-state index contributed by atoms with van der Waals surface area (Å²) in [7, 11) is 0. The minimum atomic E-state index is -0.585. The van der Waals surface area contributed by atoms with E-state index in [2.05, 4.69) is 25.3 Å². The molecule has 4 aromatic rings. The number of rotatable bonds is 3. The maximum atomic E-state index is 12.0. The molecule has 0 aliphatic heterocycles. The molecule has 8 nitrogen and oxygen atoms in total. The number of nitrogen functional groups attached to an aromatic ring is 1. The summed E-state index contributed by atoms with van der Waals surface area (Å²) in [5.74, 6) is -0.369. The molecule has 0 unspecified atom stereocenters. The van der Waals surface area contributed by atoms with Crippen LogP contribution in [-0.2, 0) is 0 Å². The van der Waals surface area contributed by atoms with Gasteiger partial charge in [-0.3, -0.25) is 9.59 Å². The first-order valence-corrected chi connectivity index (χ1v) is 12.1. The average Bonchev–Trinajstić information content (AvgIpc) is 2.86. The fourth-order valence-corrected chi connectivity index (χ4v) is 3.55. The van der Waals surface area contributed by atoms with Crippen LogP contribution in [0.2, 0.25) is 20.6 Å². The SMILES string of the molecule is Cc1ccnc(Cl)c1N.Cc1ccnc(Cl)c1NC(=O)c1cccnc1Cl.O=C(Cl)c1cccnc1Cl. The number of pyridine rings is 4. The van der Waals surface area contributed by atoms with E-state index in [1.807, 2.05) is 19.9 Å². The van der Waals surface area contributed by atoms with Crippen LogP contribution in [0.3, 0.4) is 0 Å². The lowest BCUT2D eigenvalue weighted by Crippen LogP contribution is -2.14. The van der Waals surface area contributed by atoms with Crippen LogP contribution in [-0.4, -0.2) is 31.1 Å². The van der Waals surface area contributed by atoms with Gasteiger partial charge in [0.25, 0.3) is 11.1 Å². The Morgan fingerprint density at radius 2 is 1.19 bits per heavy atom. The highest BCUT2D eigenvalue weighted by atomic mass is 35.5. The van der Waals surface area contributed by atoms with Gasteiger partial charge in [0.2, 0.25) is 0 Å². The number of halogens is 5. The maximum Gasteiger partial charge on any atom is 0.258 e. The third kappa shape index (κ3) is 9.10. The number of aryl methyl sites for hydroxylation is 2. The molecule has 0 aromatic carbocycles. The molecule has 1 amide bonds. The molecule has 37 heavy (non-hydrogen) atoms. The second kappa shape index (κ2) is 14.7. The third-order valence-corrected chi connectivity index (χ3v) is 5.88. The van der Waals surface area contributed by atoms with E-state index in [1.54, 1.807) is 36.7 Å². The first-order valence-electron chi connectivity index (χ1n) is 10.2. The van der Waals surface area contributed by atoms with E-state index in [0.717, 1.165) is 11.1 Å². The van der Waals surface area contributed by atoms with Gasteiger partial charge in [-0.2, -0.15) is 0 Å². The van der Waals surface area contributed by atoms with Gasteiger partial charge in [0, 0.05) is 24.8 Å².